The fourth-order valence-electron chi connectivity index (χ4n) is 3.05. The molecule has 30 heavy (non-hydrogen) atoms. The lowest BCUT2D eigenvalue weighted by Gasteiger charge is -2.12. The molecule has 0 radical (unpaired) electrons. The van der Waals surface area contributed by atoms with Gasteiger partial charge in [-0.1, -0.05) is 41.5 Å². The third-order valence-electron chi connectivity index (χ3n) is 4.58. The van der Waals surface area contributed by atoms with Gasteiger partial charge in [0.1, 0.15) is 0 Å². The monoisotopic (exact) mass is 404 g/mol. The van der Waals surface area contributed by atoms with Crippen molar-refractivity contribution >= 4 is 23.6 Å². The molecule has 3 aromatic rings. The quantitative estimate of drug-likeness (QED) is 0.607. The average Bonchev–Trinajstić information content (AvgIpc) is 3.39. The zero-order valence-corrected chi connectivity index (χ0v) is 16.6. The highest BCUT2D eigenvalue weighted by molar-refractivity contribution is 6.31. The number of hydrogen-bond donors (Lipinski definition) is 1. The molecule has 0 atom stereocenters. The maximum absolute atomic E-state index is 12.7. The molecule has 2 aromatic carbocycles. The fourth-order valence-corrected chi connectivity index (χ4v) is 3.05. The van der Waals surface area contributed by atoms with E-state index >= 15 is 0 Å². The molecule has 0 bridgehead atoms. The predicted octanol–water partition coefficient (Wildman–Crippen LogP) is 2.64. The number of anilines is 1. The van der Waals surface area contributed by atoms with Gasteiger partial charge in [0.25, 0.3) is 11.9 Å². The van der Waals surface area contributed by atoms with Crippen LogP contribution in [0, 0.1) is 0 Å². The number of carbonyl (C=O) groups is 1. The van der Waals surface area contributed by atoms with Crippen LogP contribution in [0.25, 0.3) is 6.08 Å². The first-order valence-electron chi connectivity index (χ1n) is 9.35. The minimum Gasteiger partial charge on any atom is -0.493 e. The van der Waals surface area contributed by atoms with Gasteiger partial charge in [-0.2, -0.15) is 15.3 Å². The van der Waals surface area contributed by atoms with Crippen LogP contribution in [0.1, 0.15) is 18.1 Å². The van der Waals surface area contributed by atoms with Gasteiger partial charge in [0.15, 0.2) is 11.5 Å². The number of aromatic amines is 1. The number of rotatable bonds is 7. The van der Waals surface area contributed by atoms with Gasteiger partial charge in [0, 0.05) is 6.42 Å². The number of amides is 1. The van der Waals surface area contributed by atoms with E-state index in [0.29, 0.717) is 29.4 Å². The van der Waals surface area contributed by atoms with E-state index in [2.05, 4.69) is 37.9 Å². The van der Waals surface area contributed by atoms with E-state index in [1.165, 1.54) is 5.56 Å². The Hall–Kier alpha value is -4.01. The normalized spacial score (nSPS) is 14.9. The first-order chi connectivity index (χ1) is 14.7. The summed E-state index contributed by atoms with van der Waals surface area (Å²) in [6, 6.07) is 15.7. The van der Waals surface area contributed by atoms with Gasteiger partial charge in [0.05, 0.1) is 25.0 Å². The molecule has 0 aliphatic carbocycles. The number of methoxy groups -OCH3 is 1. The van der Waals surface area contributed by atoms with Crippen LogP contribution in [-0.4, -0.2) is 46.0 Å². The van der Waals surface area contributed by atoms with Crippen molar-refractivity contribution in [2.75, 3.05) is 18.7 Å². The van der Waals surface area contributed by atoms with E-state index in [1.54, 1.807) is 20.1 Å². The van der Waals surface area contributed by atoms with Gasteiger partial charge in [0.2, 0.25) is 0 Å². The summed E-state index contributed by atoms with van der Waals surface area (Å²) in [5, 5.41) is 18.7. The van der Waals surface area contributed by atoms with Crippen molar-refractivity contribution in [2.45, 2.75) is 13.3 Å². The highest BCUT2D eigenvalue weighted by atomic mass is 16.5. The van der Waals surface area contributed by atoms with E-state index in [0.717, 1.165) is 17.0 Å². The van der Waals surface area contributed by atoms with Crippen LogP contribution in [-0.2, 0) is 11.2 Å². The smallest absolute Gasteiger partial charge is 0.293 e. The van der Waals surface area contributed by atoms with E-state index < -0.39 is 0 Å². The molecule has 0 unspecified atom stereocenters. The molecular formula is C21H20N6O3. The molecule has 2 heterocycles. The van der Waals surface area contributed by atoms with Crippen molar-refractivity contribution < 1.29 is 14.3 Å². The maximum Gasteiger partial charge on any atom is 0.293 e. The molecule has 9 heteroatoms. The highest BCUT2D eigenvalue weighted by Crippen LogP contribution is 2.30. The topological polar surface area (TPSA) is 106 Å². The van der Waals surface area contributed by atoms with Crippen LogP contribution in [0.3, 0.4) is 0 Å². The first kappa shape index (κ1) is 19.3. The van der Waals surface area contributed by atoms with Gasteiger partial charge in [-0.3, -0.25) is 4.79 Å². The summed E-state index contributed by atoms with van der Waals surface area (Å²) >= 11 is 0. The Kier molecular flexibility index (Phi) is 5.51. The van der Waals surface area contributed by atoms with Gasteiger partial charge in [-0.05, 0) is 41.5 Å². The fraction of sp³-hybridized carbons (Fsp3) is 0.190. The summed E-state index contributed by atoms with van der Waals surface area (Å²) in [5.41, 5.74) is 3.00. The molecule has 0 spiro atoms. The third-order valence-corrected chi connectivity index (χ3v) is 4.58. The van der Waals surface area contributed by atoms with Crippen LogP contribution in [0.5, 0.6) is 11.5 Å². The summed E-state index contributed by atoms with van der Waals surface area (Å²) in [6.45, 7) is 2.28. The van der Waals surface area contributed by atoms with Crippen LogP contribution in [0.15, 0.2) is 59.2 Å². The molecule has 1 N–H and O–H groups in total. The Morgan fingerprint density at radius 1 is 1.13 bits per heavy atom. The molecule has 1 aromatic heterocycles. The molecule has 4 rings (SSSR count). The van der Waals surface area contributed by atoms with Gasteiger partial charge in [-0.25, -0.2) is 0 Å². The number of hydrazone groups is 1. The Labute approximate surface area is 173 Å². The number of nitrogens with zero attached hydrogens (tertiary/aromatic N) is 5. The van der Waals surface area contributed by atoms with Crippen LogP contribution < -0.4 is 14.5 Å². The molecule has 1 aliphatic heterocycles. The number of carbonyl (C=O) groups excluding carboxylic acids is 1. The standard InChI is InChI=1S/C21H20N6O3/c1-14-17(20(28)27(24-14)21-22-25-26-23-21)12-16-8-9-18(19(13-16)29-2)30-11-10-15-6-4-3-5-7-15/h3-9,12-13H,10-11H2,1-2H3,(H,22,23,25,26). The molecule has 0 saturated carbocycles. The van der Waals surface area contributed by atoms with Crippen molar-refractivity contribution in [3.8, 4) is 11.5 Å². The minimum atomic E-state index is -0.323. The van der Waals surface area contributed by atoms with Gasteiger partial charge in [-0.15, -0.1) is 5.10 Å². The van der Waals surface area contributed by atoms with Crippen molar-refractivity contribution in [3.05, 3.63) is 65.2 Å². The molecule has 0 fully saturated rings. The van der Waals surface area contributed by atoms with Gasteiger partial charge >= 0.3 is 0 Å². The molecule has 1 amide bonds. The Balaban J connectivity index is 1.48. The number of tetrazole rings is 1. The van der Waals surface area contributed by atoms with E-state index in [-0.39, 0.29) is 11.9 Å². The molecule has 1 aliphatic rings. The van der Waals surface area contributed by atoms with Crippen LogP contribution in [0.2, 0.25) is 0 Å². The third kappa shape index (κ3) is 4.04. The lowest BCUT2D eigenvalue weighted by atomic mass is 10.1. The number of nitrogens with one attached hydrogen (secondary N) is 1. The van der Waals surface area contributed by atoms with Crippen molar-refractivity contribution in [1.82, 2.24) is 20.6 Å². The molecule has 9 nitrogen and oxygen atoms in total. The van der Waals surface area contributed by atoms with Crippen LogP contribution in [0.4, 0.5) is 5.95 Å². The second-order valence-corrected chi connectivity index (χ2v) is 6.57. The molecule has 0 saturated heterocycles. The lowest BCUT2D eigenvalue weighted by Crippen LogP contribution is -2.22. The van der Waals surface area contributed by atoms with E-state index in [1.807, 2.05) is 36.4 Å². The second-order valence-electron chi connectivity index (χ2n) is 6.57. The lowest BCUT2D eigenvalue weighted by molar-refractivity contribution is -0.114. The van der Waals surface area contributed by atoms with Gasteiger partial charge < -0.3 is 9.47 Å². The Morgan fingerprint density at radius 2 is 1.97 bits per heavy atom. The van der Waals surface area contributed by atoms with E-state index in [9.17, 15) is 4.79 Å². The number of benzene rings is 2. The zero-order chi connectivity index (χ0) is 20.9. The summed E-state index contributed by atoms with van der Waals surface area (Å²) in [7, 11) is 1.59. The van der Waals surface area contributed by atoms with E-state index in [4.69, 9.17) is 9.47 Å². The highest BCUT2D eigenvalue weighted by Gasteiger charge is 2.31. The van der Waals surface area contributed by atoms with Crippen molar-refractivity contribution in [2.24, 2.45) is 5.10 Å². The Bertz CT molecular complexity index is 1090. The SMILES string of the molecule is COc1cc(C=C2C(=O)N(c3nn[nH]n3)N=C2C)ccc1OCCc1ccccc1. The number of ether oxygens (including phenoxy) is 2. The summed E-state index contributed by atoms with van der Waals surface area (Å²) in [5.74, 6) is 1.01. The number of aromatic nitrogens is 4. The summed E-state index contributed by atoms with van der Waals surface area (Å²) in [4.78, 5) is 12.7. The largest absolute Gasteiger partial charge is 0.493 e. The minimum absolute atomic E-state index is 0.0995. The summed E-state index contributed by atoms with van der Waals surface area (Å²) < 4.78 is 11.4. The zero-order valence-electron chi connectivity index (χ0n) is 16.6. The predicted molar refractivity (Wildman–Crippen MR) is 111 cm³/mol. The summed E-state index contributed by atoms with van der Waals surface area (Å²) in [6.07, 6.45) is 2.55. The number of hydrogen-bond acceptors (Lipinski definition) is 7. The second kappa shape index (κ2) is 8.56. The van der Waals surface area contributed by atoms with Crippen LogP contribution >= 0.6 is 0 Å². The van der Waals surface area contributed by atoms with Crippen molar-refractivity contribution in [1.29, 1.82) is 0 Å². The first-order valence-corrected chi connectivity index (χ1v) is 9.35. The molecular weight excluding hydrogens is 384 g/mol. The van der Waals surface area contributed by atoms with Crippen molar-refractivity contribution in [3.63, 3.8) is 0 Å². The Morgan fingerprint density at radius 3 is 2.70 bits per heavy atom. The molecule has 152 valence electrons. The maximum atomic E-state index is 12.7. The number of H-pyrrole nitrogens is 1. The average molecular weight is 404 g/mol.